The molecular formula is C20H23N3OS. The zero-order valence-electron chi connectivity index (χ0n) is 15.0. The predicted octanol–water partition coefficient (Wildman–Crippen LogP) is 4.43. The summed E-state index contributed by atoms with van der Waals surface area (Å²) < 4.78 is 1.71. The summed E-state index contributed by atoms with van der Waals surface area (Å²) in [6.07, 6.45) is 0. The smallest absolute Gasteiger partial charge is 0.272 e. The van der Waals surface area contributed by atoms with Gasteiger partial charge in [-0.2, -0.15) is 5.10 Å². The van der Waals surface area contributed by atoms with Crippen molar-refractivity contribution >= 4 is 17.2 Å². The maximum atomic E-state index is 12.7. The van der Waals surface area contributed by atoms with Gasteiger partial charge in [-0.15, -0.1) is 11.3 Å². The van der Waals surface area contributed by atoms with Crippen LogP contribution in [0.4, 0.5) is 0 Å². The second-order valence-corrected chi connectivity index (χ2v) is 7.52. The summed E-state index contributed by atoms with van der Waals surface area (Å²) in [6, 6.07) is 14.2. The van der Waals surface area contributed by atoms with Gasteiger partial charge in [-0.05, 0) is 41.5 Å². The third-order valence-corrected chi connectivity index (χ3v) is 5.32. The molecular weight excluding hydrogens is 330 g/mol. The molecule has 0 saturated heterocycles. The summed E-state index contributed by atoms with van der Waals surface area (Å²) in [5.41, 5.74) is 3.77. The number of aryl methyl sites for hydroxylation is 2. The number of carbonyl (C=O) groups is 1. The van der Waals surface area contributed by atoms with Crippen molar-refractivity contribution in [1.82, 2.24) is 15.1 Å². The van der Waals surface area contributed by atoms with Gasteiger partial charge in [0.25, 0.3) is 5.91 Å². The highest BCUT2D eigenvalue weighted by molar-refractivity contribution is 7.10. The quantitative estimate of drug-likeness (QED) is 0.737. The van der Waals surface area contributed by atoms with Crippen molar-refractivity contribution in [3.05, 3.63) is 75.2 Å². The van der Waals surface area contributed by atoms with E-state index in [9.17, 15) is 4.79 Å². The lowest BCUT2D eigenvalue weighted by Gasteiger charge is -2.18. The first-order chi connectivity index (χ1) is 12.0. The van der Waals surface area contributed by atoms with Crippen molar-refractivity contribution < 1.29 is 4.79 Å². The minimum atomic E-state index is -0.170. The fourth-order valence-corrected chi connectivity index (χ4v) is 3.53. The van der Waals surface area contributed by atoms with Crippen LogP contribution in [0.3, 0.4) is 0 Å². The Kier molecular flexibility index (Phi) is 5.04. The summed E-state index contributed by atoms with van der Waals surface area (Å²) in [5.74, 6) is 0.329. The number of hydrogen-bond acceptors (Lipinski definition) is 3. The first-order valence-corrected chi connectivity index (χ1v) is 9.28. The van der Waals surface area contributed by atoms with Crippen LogP contribution in [0.1, 0.15) is 58.0 Å². The van der Waals surface area contributed by atoms with Crippen LogP contribution in [-0.2, 0) is 7.05 Å². The number of carbonyl (C=O) groups excluding carboxylic acids is 1. The fourth-order valence-electron chi connectivity index (χ4n) is 2.72. The third-order valence-electron chi connectivity index (χ3n) is 4.39. The van der Waals surface area contributed by atoms with E-state index in [2.05, 4.69) is 54.6 Å². The van der Waals surface area contributed by atoms with Crippen molar-refractivity contribution in [2.24, 2.45) is 7.05 Å². The van der Waals surface area contributed by atoms with E-state index >= 15 is 0 Å². The number of benzene rings is 1. The number of hydrogen-bond donors (Lipinski definition) is 1. The molecule has 0 aliphatic carbocycles. The number of thiophene rings is 1. The maximum Gasteiger partial charge on any atom is 0.272 e. The Bertz CT molecular complexity index is 828. The predicted molar refractivity (Wildman–Crippen MR) is 102 cm³/mol. The van der Waals surface area contributed by atoms with E-state index in [0.717, 1.165) is 16.1 Å². The molecule has 3 rings (SSSR count). The van der Waals surface area contributed by atoms with Crippen LogP contribution in [0.15, 0.2) is 47.8 Å². The van der Waals surface area contributed by atoms with Crippen LogP contribution in [0.25, 0.3) is 0 Å². The zero-order chi connectivity index (χ0) is 18.0. The van der Waals surface area contributed by atoms with Crippen LogP contribution in [0, 0.1) is 6.92 Å². The van der Waals surface area contributed by atoms with Crippen molar-refractivity contribution in [2.45, 2.75) is 32.7 Å². The summed E-state index contributed by atoms with van der Waals surface area (Å²) in [6.45, 7) is 6.29. The number of nitrogens with zero attached hydrogens (tertiary/aromatic N) is 2. The molecule has 0 fully saturated rings. The van der Waals surface area contributed by atoms with Crippen molar-refractivity contribution in [3.63, 3.8) is 0 Å². The number of aromatic nitrogens is 2. The van der Waals surface area contributed by atoms with Gasteiger partial charge in [0, 0.05) is 17.6 Å². The van der Waals surface area contributed by atoms with Gasteiger partial charge < -0.3 is 5.32 Å². The molecule has 0 aliphatic heterocycles. The van der Waals surface area contributed by atoms with E-state index in [1.807, 2.05) is 31.5 Å². The normalized spacial score (nSPS) is 12.4. The van der Waals surface area contributed by atoms with Gasteiger partial charge in [-0.3, -0.25) is 9.48 Å². The first-order valence-electron chi connectivity index (χ1n) is 8.40. The van der Waals surface area contributed by atoms with Gasteiger partial charge in [0.15, 0.2) is 0 Å². The van der Waals surface area contributed by atoms with E-state index in [1.165, 1.54) is 5.56 Å². The molecule has 0 radical (unpaired) electrons. The molecule has 1 N–H and O–H groups in total. The average Bonchev–Trinajstić information content (AvgIpc) is 3.23. The lowest BCUT2D eigenvalue weighted by atomic mass is 9.98. The summed E-state index contributed by atoms with van der Waals surface area (Å²) >= 11 is 1.64. The van der Waals surface area contributed by atoms with Gasteiger partial charge in [0.05, 0.1) is 6.04 Å². The van der Waals surface area contributed by atoms with E-state index in [4.69, 9.17) is 0 Å². The molecule has 3 aromatic rings. The molecule has 2 heterocycles. The monoisotopic (exact) mass is 353 g/mol. The van der Waals surface area contributed by atoms with Gasteiger partial charge in [0.1, 0.15) is 5.69 Å². The van der Waals surface area contributed by atoms with E-state index in [0.29, 0.717) is 11.6 Å². The molecule has 5 heteroatoms. The molecule has 0 spiro atoms. The van der Waals surface area contributed by atoms with Crippen LogP contribution < -0.4 is 5.32 Å². The van der Waals surface area contributed by atoms with E-state index in [-0.39, 0.29) is 11.9 Å². The minimum absolute atomic E-state index is 0.157. The molecule has 2 aromatic heterocycles. The Morgan fingerprint density at radius 2 is 1.84 bits per heavy atom. The molecule has 1 unspecified atom stereocenters. The summed E-state index contributed by atoms with van der Waals surface area (Å²) in [4.78, 5) is 13.8. The van der Waals surface area contributed by atoms with Crippen LogP contribution in [0.2, 0.25) is 0 Å². The molecule has 0 aliphatic rings. The van der Waals surface area contributed by atoms with Gasteiger partial charge >= 0.3 is 0 Å². The second-order valence-electron chi connectivity index (χ2n) is 6.54. The fraction of sp³-hybridized carbons (Fsp3) is 0.300. The molecule has 25 heavy (non-hydrogen) atoms. The standard InChI is InChI=1S/C20H23N3OS/c1-13(2)15-7-9-16(10-8-15)19(18-6-5-11-25-18)21-20(24)17-12-14(3)23(4)22-17/h5-13,19H,1-4H3,(H,21,24). The molecule has 0 bridgehead atoms. The Hall–Kier alpha value is -2.40. The summed E-state index contributed by atoms with van der Waals surface area (Å²) in [7, 11) is 1.84. The zero-order valence-corrected chi connectivity index (χ0v) is 15.8. The lowest BCUT2D eigenvalue weighted by Crippen LogP contribution is -2.29. The highest BCUT2D eigenvalue weighted by atomic mass is 32.1. The Morgan fingerprint density at radius 1 is 1.16 bits per heavy atom. The second kappa shape index (κ2) is 7.23. The maximum absolute atomic E-state index is 12.7. The SMILES string of the molecule is Cc1cc(C(=O)NC(c2ccc(C(C)C)cc2)c2cccs2)nn1C. The molecule has 1 atom stereocenters. The summed E-state index contributed by atoms with van der Waals surface area (Å²) in [5, 5.41) is 9.45. The van der Waals surface area contributed by atoms with Crippen molar-refractivity contribution in [1.29, 1.82) is 0 Å². The Morgan fingerprint density at radius 3 is 2.36 bits per heavy atom. The number of amides is 1. The largest absolute Gasteiger partial charge is 0.339 e. The molecule has 4 nitrogen and oxygen atoms in total. The van der Waals surface area contributed by atoms with Crippen LogP contribution in [-0.4, -0.2) is 15.7 Å². The molecule has 130 valence electrons. The highest BCUT2D eigenvalue weighted by Crippen LogP contribution is 2.27. The lowest BCUT2D eigenvalue weighted by molar-refractivity contribution is 0.0937. The topological polar surface area (TPSA) is 46.9 Å². The Balaban J connectivity index is 1.89. The van der Waals surface area contributed by atoms with Crippen molar-refractivity contribution in [2.75, 3.05) is 0 Å². The number of rotatable bonds is 5. The molecule has 1 aromatic carbocycles. The minimum Gasteiger partial charge on any atom is -0.339 e. The van der Waals surface area contributed by atoms with Gasteiger partial charge in [-0.25, -0.2) is 0 Å². The van der Waals surface area contributed by atoms with Gasteiger partial charge in [0.2, 0.25) is 0 Å². The van der Waals surface area contributed by atoms with Gasteiger partial charge in [-0.1, -0.05) is 44.2 Å². The average molecular weight is 353 g/mol. The van der Waals surface area contributed by atoms with Crippen LogP contribution in [0.5, 0.6) is 0 Å². The molecule has 0 saturated carbocycles. The van der Waals surface area contributed by atoms with Crippen LogP contribution >= 0.6 is 11.3 Å². The van der Waals surface area contributed by atoms with E-state index in [1.54, 1.807) is 16.0 Å². The van der Waals surface area contributed by atoms with E-state index < -0.39 is 0 Å². The Labute approximate surface area is 152 Å². The van der Waals surface area contributed by atoms with Crippen molar-refractivity contribution in [3.8, 4) is 0 Å². The first kappa shape index (κ1) is 17.4. The highest BCUT2D eigenvalue weighted by Gasteiger charge is 2.20. The molecule has 1 amide bonds. The third kappa shape index (κ3) is 3.82. The number of nitrogens with one attached hydrogen (secondary N) is 1.